The first kappa shape index (κ1) is 23.3. The van der Waals surface area contributed by atoms with Gasteiger partial charge in [0.2, 0.25) is 0 Å². The van der Waals surface area contributed by atoms with Crippen LogP contribution in [0.5, 0.6) is 11.5 Å². The van der Waals surface area contributed by atoms with Crippen molar-refractivity contribution in [3.63, 3.8) is 0 Å². The second-order valence-electron chi connectivity index (χ2n) is 6.86. The number of nitrogens with zero attached hydrogens (tertiary/aromatic N) is 2. The Labute approximate surface area is 196 Å². The molecule has 1 fully saturated rings. The van der Waals surface area contributed by atoms with Gasteiger partial charge in [0.25, 0.3) is 11.8 Å². The molecule has 0 radical (unpaired) electrons. The third-order valence-electron chi connectivity index (χ3n) is 4.49. The van der Waals surface area contributed by atoms with Crippen LogP contribution in [0.1, 0.15) is 34.0 Å². The molecule has 0 saturated carbocycles. The molecule has 1 heterocycles. The fraction of sp³-hybridized carbons (Fsp3) is 0.217. The number of hydrazine groups is 1. The maximum absolute atomic E-state index is 12.9. The van der Waals surface area contributed by atoms with Gasteiger partial charge >= 0.3 is 0 Å². The number of hydrogen-bond donors (Lipinski definition) is 1. The summed E-state index contributed by atoms with van der Waals surface area (Å²) < 4.78 is 11.2. The van der Waals surface area contributed by atoms with E-state index in [1.54, 1.807) is 30.3 Å². The van der Waals surface area contributed by atoms with Crippen molar-refractivity contribution in [1.29, 1.82) is 5.26 Å². The van der Waals surface area contributed by atoms with Crippen LogP contribution in [0, 0.1) is 25.2 Å². The standard InChI is InChI=1S/C23H21N3O4S2/c1-4-29-19-12-16(6-8-18(19)30-10-9-24)13-20-22(28)26(23(31)32-20)25-21(27)17-7-5-14(2)11-15(17)3/h5-8,11-13H,4,10H2,1-3H3,(H,25,27). The van der Waals surface area contributed by atoms with Gasteiger partial charge in [0, 0.05) is 5.56 Å². The normalized spacial score (nSPS) is 14.4. The van der Waals surface area contributed by atoms with Crippen molar-refractivity contribution < 1.29 is 19.1 Å². The lowest BCUT2D eigenvalue weighted by Gasteiger charge is -2.16. The molecule has 32 heavy (non-hydrogen) atoms. The topological polar surface area (TPSA) is 91.7 Å². The lowest BCUT2D eigenvalue weighted by Crippen LogP contribution is -2.45. The smallest absolute Gasteiger partial charge is 0.285 e. The number of benzene rings is 2. The molecule has 0 bridgehead atoms. The fourth-order valence-corrected chi connectivity index (χ4v) is 4.24. The van der Waals surface area contributed by atoms with Gasteiger partial charge in [-0.1, -0.05) is 35.5 Å². The van der Waals surface area contributed by atoms with Crippen LogP contribution in [0.2, 0.25) is 0 Å². The SMILES string of the molecule is CCOc1cc(C=C2SC(=S)N(NC(=O)c3ccc(C)cc3C)C2=O)ccc1OCC#N. The fourth-order valence-electron chi connectivity index (χ4n) is 3.06. The molecule has 0 aromatic heterocycles. The maximum Gasteiger partial charge on any atom is 0.285 e. The molecule has 7 nitrogen and oxygen atoms in total. The molecule has 2 aromatic carbocycles. The van der Waals surface area contributed by atoms with Gasteiger partial charge in [0.15, 0.2) is 22.4 Å². The van der Waals surface area contributed by atoms with Gasteiger partial charge in [-0.3, -0.25) is 15.0 Å². The molecule has 1 aliphatic rings. The number of hydrogen-bond acceptors (Lipinski definition) is 7. The van der Waals surface area contributed by atoms with Crippen molar-refractivity contribution in [2.45, 2.75) is 20.8 Å². The number of nitrogens with one attached hydrogen (secondary N) is 1. The van der Waals surface area contributed by atoms with E-state index in [0.717, 1.165) is 27.9 Å². The number of thiocarbonyl (C=S) groups is 1. The largest absolute Gasteiger partial charge is 0.490 e. The average molecular weight is 468 g/mol. The number of carbonyl (C=O) groups is 2. The zero-order valence-electron chi connectivity index (χ0n) is 17.8. The van der Waals surface area contributed by atoms with Crippen LogP contribution in [0.4, 0.5) is 0 Å². The third kappa shape index (κ3) is 5.28. The summed E-state index contributed by atoms with van der Waals surface area (Å²) in [5, 5.41) is 9.81. The van der Waals surface area contributed by atoms with Crippen molar-refractivity contribution in [3.8, 4) is 17.6 Å². The second-order valence-corrected chi connectivity index (χ2v) is 8.54. The monoisotopic (exact) mass is 467 g/mol. The van der Waals surface area contributed by atoms with Crippen molar-refractivity contribution in [2.75, 3.05) is 13.2 Å². The Morgan fingerprint density at radius 3 is 2.69 bits per heavy atom. The van der Waals surface area contributed by atoms with E-state index in [-0.39, 0.29) is 10.9 Å². The number of carbonyl (C=O) groups excluding carboxylic acids is 2. The lowest BCUT2D eigenvalue weighted by molar-refractivity contribution is -0.123. The summed E-state index contributed by atoms with van der Waals surface area (Å²) in [7, 11) is 0. The van der Waals surface area contributed by atoms with Crippen LogP contribution in [0.25, 0.3) is 6.08 Å². The van der Waals surface area contributed by atoms with Gasteiger partial charge < -0.3 is 9.47 Å². The average Bonchev–Trinajstić information content (AvgIpc) is 3.00. The minimum atomic E-state index is -0.416. The van der Waals surface area contributed by atoms with E-state index in [0.29, 0.717) is 34.1 Å². The van der Waals surface area contributed by atoms with E-state index in [1.807, 2.05) is 39.0 Å². The third-order valence-corrected chi connectivity index (χ3v) is 5.79. The number of nitriles is 1. The van der Waals surface area contributed by atoms with Gasteiger partial charge in [-0.25, -0.2) is 0 Å². The summed E-state index contributed by atoms with van der Waals surface area (Å²) in [4.78, 5) is 25.9. The molecule has 164 valence electrons. The Morgan fingerprint density at radius 2 is 2.00 bits per heavy atom. The van der Waals surface area contributed by atoms with E-state index in [2.05, 4.69) is 5.43 Å². The van der Waals surface area contributed by atoms with E-state index >= 15 is 0 Å². The molecule has 1 saturated heterocycles. The summed E-state index contributed by atoms with van der Waals surface area (Å²) in [6.45, 7) is 5.94. The molecular weight excluding hydrogens is 446 g/mol. The minimum absolute atomic E-state index is 0.0990. The second kappa shape index (κ2) is 10.3. The van der Waals surface area contributed by atoms with Crippen molar-refractivity contribution in [2.24, 2.45) is 0 Å². The lowest BCUT2D eigenvalue weighted by atomic mass is 10.1. The Bertz CT molecular complexity index is 1150. The van der Waals surface area contributed by atoms with Gasteiger partial charge in [0.1, 0.15) is 6.07 Å². The summed E-state index contributed by atoms with van der Waals surface area (Å²) in [5.41, 5.74) is 5.63. The number of thioether (sulfide) groups is 1. The van der Waals surface area contributed by atoms with Crippen molar-refractivity contribution in [3.05, 3.63) is 63.6 Å². The summed E-state index contributed by atoms with van der Waals surface area (Å²) >= 11 is 6.40. The molecule has 2 aromatic rings. The van der Waals surface area contributed by atoms with Crippen LogP contribution < -0.4 is 14.9 Å². The molecule has 1 N–H and O–H groups in total. The predicted molar refractivity (Wildman–Crippen MR) is 127 cm³/mol. The van der Waals surface area contributed by atoms with Crippen LogP contribution >= 0.6 is 24.0 Å². The number of ether oxygens (including phenoxy) is 2. The van der Waals surface area contributed by atoms with Crippen LogP contribution in [-0.4, -0.2) is 34.4 Å². The Kier molecular flexibility index (Phi) is 7.51. The molecule has 3 rings (SSSR count). The maximum atomic E-state index is 12.9. The number of aryl methyl sites for hydroxylation is 2. The molecule has 0 unspecified atom stereocenters. The zero-order valence-corrected chi connectivity index (χ0v) is 19.4. The highest BCUT2D eigenvalue weighted by Crippen LogP contribution is 2.34. The van der Waals surface area contributed by atoms with Crippen molar-refractivity contribution in [1.82, 2.24) is 10.4 Å². The molecule has 0 atom stereocenters. The van der Waals surface area contributed by atoms with E-state index in [1.165, 1.54) is 0 Å². The Balaban J connectivity index is 1.80. The highest BCUT2D eigenvalue weighted by atomic mass is 32.2. The van der Waals surface area contributed by atoms with Gasteiger partial charge in [0.05, 0.1) is 11.5 Å². The summed E-state index contributed by atoms with van der Waals surface area (Å²) in [5.74, 6) is 0.0903. The van der Waals surface area contributed by atoms with E-state index in [9.17, 15) is 9.59 Å². The first-order chi connectivity index (χ1) is 15.3. The molecule has 1 aliphatic heterocycles. The molecule has 0 aliphatic carbocycles. The van der Waals surface area contributed by atoms with Gasteiger partial charge in [-0.2, -0.15) is 10.3 Å². The Hall–Kier alpha value is -3.35. The number of amides is 2. The summed E-state index contributed by atoms with van der Waals surface area (Å²) in [6.07, 6.45) is 1.67. The number of rotatable bonds is 7. The highest BCUT2D eigenvalue weighted by molar-refractivity contribution is 8.26. The van der Waals surface area contributed by atoms with Crippen LogP contribution in [-0.2, 0) is 4.79 Å². The van der Waals surface area contributed by atoms with E-state index in [4.69, 9.17) is 27.0 Å². The van der Waals surface area contributed by atoms with E-state index < -0.39 is 11.8 Å². The van der Waals surface area contributed by atoms with Crippen molar-refractivity contribution >= 4 is 46.2 Å². The molecule has 0 spiro atoms. The summed E-state index contributed by atoms with van der Waals surface area (Å²) in [6, 6.07) is 12.5. The molecule has 2 amide bonds. The predicted octanol–water partition coefficient (Wildman–Crippen LogP) is 4.15. The Morgan fingerprint density at radius 1 is 1.22 bits per heavy atom. The molecule has 9 heteroatoms. The van der Waals surface area contributed by atoms with Crippen LogP contribution in [0.15, 0.2) is 41.3 Å². The minimum Gasteiger partial charge on any atom is -0.490 e. The quantitative estimate of drug-likeness (QED) is 0.483. The van der Waals surface area contributed by atoms with Gasteiger partial charge in [-0.05, 0) is 68.4 Å². The first-order valence-corrected chi connectivity index (χ1v) is 11.0. The van der Waals surface area contributed by atoms with Crippen LogP contribution in [0.3, 0.4) is 0 Å². The van der Waals surface area contributed by atoms with Gasteiger partial charge in [-0.15, -0.1) is 0 Å². The zero-order chi connectivity index (χ0) is 23.3. The highest BCUT2D eigenvalue weighted by Gasteiger charge is 2.34. The first-order valence-electron chi connectivity index (χ1n) is 9.76. The molecular formula is C23H21N3O4S2.